The Bertz CT molecular complexity index is 180. The zero-order valence-electron chi connectivity index (χ0n) is 9.64. The minimum atomic E-state index is 0.614. The standard InChI is InChI=1S/C13H24/c1-5-9-13(6-2)10-11(3)7-8-12(13)4/h7-8,11-12H,5-6,9-10H2,1-4H3. The van der Waals surface area contributed by atoms with Crippen molar-refractivity contribution in [3.8, 4) is 0 Å². The molecule has 3 unspecified atom stereocenters. The molecule has 0 nitrogen and oxygen atoms in total. The van der Waals surface area contributed by atoms with Crippen LogP contribution in [0.2, 0.25) is 0 Å². The number of allylic oxidation sites excluding steroid dienone is 2. The molecule has 1 aliphatic carbocycles. The third-order valence-corrected chi connectivity index (χ3v) is 3.87. The molecule has 76 valence electrons. The zero-order valence-corrected chi connectivity index (χ0v) is 9.64. The van der Waals surface area contributed by atoms with E-state index in [1.54, 1.807) is 0 Å². The van der Waals surface area contributed by atoms with E-state index in [0.717, 1.165) is 11.8 Å². The van der Waals surface area contributed by atoms with Crippen LogP contribution in [-0.2, 0) is 0 Å². The molecule has 0 aromatic rings. The number of hydrogen-bond donors (Lipinski definition) is 0. The van der Waals surface area contributed by atoms with Crippen LogP contribution in [0.4, 0.5) is 0 Å². The normalized spacial score (nSPS) is 39.4. The van der Waals surface area contributed by atoms with Crippen LogP contribution in [0.25, 0.3) is 0 Å². The SMILES string of the molecule is CCCC1(CC)CC(C)C=CC1C. The topological polar surface area (TPSA) is 0 Å². The van der Waals surface area contributed by atoms with Gasteiger partial charge in [-0.25, -0.2) is 0 Å². The summed E-state index contributed by atoms with van der Waals surface area (Å²) in [5, 5.41) is 0. The lowest BCUT2D eigenvalue weighted by molar-refractivity contribution is 0.135. The Kier molecular flexibility index (Phi) is 3.58. The molecule has 0 bridgehead atoms. The molecule has 1 aliphatic rings. The summed E-state index contributed by atoms with van der Waals surface area (Å²) in [5.41, 5.74) is 0.614. The monoisotopic (exact) mass is 180 g/mol. The molecule has 0 aliphatic heterocycles. The fourth-order valence-electron chi connectivity index (χ4n) is 2.93. The van der Waals surface area contributed by atoms with Gasteiger partial charge in [0.05, 0.1) is 0 Å². The molecule has 0 heterocycles. The Morgan fingerprint density at radius 2 is 1.92 bits per heavy atom. The third kappa shape index (κ3) is 2.15. The zero-order chi connectivity index (χ0) is 9.90. The van der Waals surface area contributed by atoms with E-state index in [0.29, 0.717) is 5.41 Å². The van der Waals surface area contributed by atoms with Crippen molar-refractivity contribution in [3.63, 3.8) is 0 Å². The summed E-state index contributed by atoms with van der Waals surface area (Å²) >= 11 is 0. The first kappa shape index (κ1) is 10.8. The highest BCUT2D eigenvalue weighted by atomic mass is 14.4. The van der Waals surface area contributed by atoms with E-state index in [-0.39, 0.29) is 0 Å². The predicted molar refractivity (Wildman–Crippen MR) is 59.7 cm³/mol. The average Bonchev–Trinajstić information content (AvgIpc) is 2.12. The lowest BCUT2D eigenvalue weighted by Gasteiger charge is -2.42. The van der Waals surface area contributed by atoms with Crippen LogP contribution in [0.3, 0.4) is 0 Å². The van der Waals surface area contributed by atoms with Gasteiger partial charge in [0.2, 0.25) is 0 Å². The second-order valence-electron chi connectivity index (χ2n) is 4.82. The van der Waals surface area contributed by atoms with Gasteiger partial charge in [0.15, 0.2) is 0 Å². The smallest absolute Gasteiger partial charge is 0.0205 e. The first-order valence-electron chi connectivity index (χ1n) is 5.83. The van der Waals surface area contributed by atoms with Crippen molar-refractivity contribution in [2.45, 2.75) is 53.4 Å². The van der Waals surface area contributed by atoms with Gasteiger partial charge in [-0.05, 0) is 36.5 Å². The first-order chi connectivity index (χ1) is 6.14. The summed E-state index contributed by atoms with van der Waals surface area (Å²) in [4.78, 5) is 0. The summed E-state index contributed by atoms with van der Waals surface area (Å²) in [6.07, 6.45) is 10.3. The van der Waals surface area contributed by atoms with E-state index in [2.05, 4.69) is 39.8 Å². The van der Waals surface area contributed by atoms with Crippen LogP contribution in [0.15, 0.2) is 12.2 Å². The molecule has 0 N–H and O–H groups in total. The van der Waals surface area contributed by atoms with Gasteiger partial charge >= 0.3 is 0 Å². The molecule has 0 aromatic carbocycles. The summed E-state index contributed by atoms with van der Waals surface area (Å²) in [5.74, 6) is 1.58. The molecular weight excluding hydrogens is 156 g/mol. The summed E-state index contributed by atoms with van der Waals surface area (Å²) in [6, 6.07) is 0. The van der Waals surface area contributed by atoms with E-state index in [4.69, 9.17) is 0 Å². The lowest BCUT2D eigenvalue weighted by Crippen LogP contribution is -2.31. The second-order valence-corrected chi connectivity index (χ2v) is 4.82. The Morgan fingerprint density at radius 3 is 2.46 bits per heavy atom. The van der Waals surface area contributed by atoms with Gasteiger partial charge in [-0.15, -0.1) is 0 Å². The molecule has 0 amide bonds. The van der Waals surface area contributed by atoms with Gasteiger partial charge in [0.1, 0.15) is 0 Å². The van der Waals surface area contributed by atoms with Gasteiger partial charge in [-0.2, -0.15) is 0 Å². The van der Waals surface area contributed by atoms with E-state index in [9.17, 15) is 0 Å². The maximum Gasteiger partial charge on any atom is -0.0205 e. The van der Waals surface area contributed by atoms with Crippen LogP contribution in [-0.4, -0.2) is 0 Å². The summed E-state index contributed by atoms with van der Waals surface area (Å²) < 4.78 is 0. The quantitative estimate of drug-likeness (QED) is 0.564. The second kappa shape index (κ2) is 4.30. The van der Waals surface area contributed by atoms with Crippen molar-refractivity contribution in [2.75, 3.05) is 0 Å². The molecule has 0 radical (unpaired) electrons. The highest BCUT2D eigenvalue weighted by molar-refractivity contribution is 5.04. The van der Waals surface area contributed by atoms with E-state index >= 15 is 0 Å². The average molecular weight is 180 g/mol. The lowest BCUT2D eigenvalue weighted by atomic mass is 9.63. The Hall–Kier alpha value is -0.260. The first-order valence-corrected chi connectivity index (χ1v) is 5.83. The predicted octanol–water partition coefficient (Wildman–Crippen LogP) is 4.42. The largest absolute Gasteiger partial charge is 0.0854 e. The highest BCUT2D eigenvalue weighted by Gasteiger charge is 2.35. The molecule has 0 saturated carbocycles. The highest BCUT2D eigenvalue weighted by Crippen LogP contribution is 2.45. The number of hydrogen-bond acceptors (Lipinski definition) is 0. The van der Waals surface area contributed by atoms with E-state index in [1.807, 2.05) is 0 Å². The van der Waals surface area contributed by atoms with E-state index in [1.165, 1.54) is 25.7 Å². The molecule has 0 heteroatoms. The Balaban J connectivity index is 2.78. The molecule has 0 saturated heterocycles. The van der Waals surface area contributed by atoms with Crippen molar-refractivity contribution < 1.29 is 0 Å². The molecule has 13 heavy (non-hydrogen) atoms. The van der Waals surface area contributed by atoms with Gasteiger partial charge in [0, 0.05) is 0 Å². The molecule has 0 fully saturated rings. The van der Waals surface area contributed by atoms with Crippen LogP contribution in [0, 0.1) is 17.3 Å². The molecule has 0 aromatic heterocycles. The van der Waals surface area contributed by atoms with E-state index < -0.39 is 0 Å². The fourth-order valence-corrected chi connectivity index (χ4v) is 2.93. The minimum Gasteiger partial charge on any atom is -0.0854 e. The summed E-state index contributed by atoms with van der Waals surface area (Å²) in [7, 11) is 0. The Morgan fingerprint density at radius 1 is 1.23 bits per heavy atom. The molecular formula is C13H24. The van der Waals surface area contributed by atoms with Crippen LogP contribution < -0.4 is 0 Å². The fraction of sp³-hybridized carbons (Fsp3) is 0.846. The third-order valence-electron chi connectivity index (χ3n) is 3.87. The van der Waals surface area contributed by atoms with Crippen LogP contribution in [0.5, 0.6) is 0 Å². The minimum absolute atomic E-state index is 0.614. The van der Waals surface area contributed by atoms with Gasteiger partial charge in [-0.1, -0.05) is 46.3 Å². The molecule has 1 rings (SSSR count). The maximum absolute atomic E-state index is 2.44. The van der Waals surface area contributed by atoms with Crippen molar-refractivity contribution in [1.82, 2.24) is 0 Å². The van der Waals surface area contributed by atoms with Gasteiger partial charge in [0.25, 0.3) is 0 Å². The Labute approximate surface area is 83.4 Å². The molecule has 3 atom stereocenters. The van der Waals surface area contributed by atoms with Crippen LogP contribution >= 0.6 is 0 Å². The van der Waals surface area contributed by atoms with Crippen molar-refractivity contribution in [2.24, 2.45) is 17.3 Å². The van der Waals surface area contributed by atoms with Crippen molar-refractivity contribution in [1.29, 1.82) is 0 Å². The van der Waals surface area contributed by atoms with Gasteiger partial charge in [-0.3, -0.25) is 0 Å². The molecule has 0 spiro atoms. The summed E-state index contributed by atoms with van der Waals surface area (Å²) in [6.45, 7) is 9.41. The van der Waals surface area contributed by atoms with Crippen molar-refractivity contribution in [3.05, 3.63) is 12.2 Å². The van der Waals surface area contributed by atoms with Crippen LogP contribution in [0.1, 0.15) is 53.4 Å². The van der Waals surface area contributed by atoms with Gasteiger partial charge < -0.3 is 0 Å². The van der Waals surface area contributed by atoms with Crippen molar-refractivity contribution >= 4 is 0 Å². The number of rotatable bonds is 3. The maximum atomic E-state index is 2.44.